The van der Waals surface area contributed by atoms with Gasteiger partial charge in [-0.1, -0.05) is 32.4 Å². The normalized spacial score (nSPS) is 16.0. The molecule has 2 heterocycles. The third-order valence-electron chi connectivity index (χ3n) is 5.23. The minimum atomic E-state index is -0.290. The Bertz CT molecular complexity index is 818. The number of halogens is 1. The maximum absolute atomic E-state index is 13.4. The van der Waals surface area contributed by atoms with E-state index in [1.807, 2.05) is 17.2 Å². The second-order valence-corrected chi connectivity index (χ2v) is 8.11. The first kappa shape index (κ1) is 20.5. The molecule has 3 rings (SSSR count). The molecule has 0 N–H and O–H groups in total. The van der Waals surface area contributed by atoms with Gasteiger partial charge in [-0.2, -0.15) is 0 Å². The number of carbonyl (C=O) groups excluding carboxylic acids is 2. The van der Waals surface area contributed by atoms with E-state index in [4.69, 9.17) is 0 Å². The standard InChI is InChI=1S/C22H27FN2O2S/c1-3-5-12-24(20(26)4-2)15-21(27)25-13-10-19-18(11-14-28-19)22(25)16-6-8-17(23)9-7-16/h6-9,11,14,22H,3-5,10,12-13,15H2,1-2H3. The molecule has 1 unspecified atom stereocenters. The van der Waals surface area contributed by atoms with Crippen molar-refractivity contribution in [3.05, 3.63) is 57.5 Å². The van der Waals surface area contributed by atoms with Gasteiger partial charge in [-0.05, 0) is 47.5 Å². The largest absolute Gasteiger partial charge is 0.333 e. The molecule has 2 amide bonds. The topological polar surface area (TPSA) is 40.6 Å². The number of nitrogens with zero attached hydrogens (tertiary/aromatic N) is 2. The number of fused-ring (bicyclic) bond motifs is 1. The highest BCUT2D eigenvalue weighted by atomic mass is 32.1. The van der Waals surface area contributed by atoms with Crippen LogP contribution in [0.5, 0.6) is 0 Å². The van der Waals surface area contributed by atoms with Gasteiger partial charge in [-0.25, -0.2) is 4.39 Å². The third kappa shape index (κ3) is 4.43. The molecule has 0 bridgehead atoms. The maximum atomic E-state index is 13.4. The maximum Gasteiger partial charge on any atom is 0.242 e. The Balaban J connectivity index is 1.86. The Kier molecular flexibility index (Phi) is 6.83. The van der Waals surface area contributed by atoms with Crippen molar-refractivity contribution in [2.24, 2.45) is 0 Å². The van der Waals surface area contributed by atoms with Crippen LogP contribution in [0, 0.1) is 5.82 Å². The zero-order valence-electron chi connectivity index (χ0n) is 16.5. The lowest BCUT2D eigenvalue weighted by Gasteiger charge is -2.37. The highest BCUT2D eigenvalue weighted by Gasteiger charge is 2.33. The first-order valence-corrected chi connectivity index (χ1v) is 10.8. The van der Waals surface area contributed by atoms with Crippen molar-refractivity contribution < 1.29 is 14.0 Å². The summed E-state index contributed by atoms with van der Waals surface area (Å²) in [5.41, 5.74) is 2.01. The van der Waals surface area contributed by atoms with Crippen molar-refractivity contribution in [1.82, 2.24) is 9.80 Å². The molecule has 0 saturated carbocycles. The van der Waals surface area contributed by atoms with Crippen molar-refractivity contribution in [2.45, 2.75) is 45.6 Å². The Hall–Kier alpha value is -2.21. The number of hydrogen-bond acceptors (Lipinski definition) is 3. The third-order valence-corrected chi connectivity index (χ3v) is 6.23. The molecule has 1 aliphatic rings. The zero-order chi connectivity index (χ0) is 20.1. The molecular weight excluding hydrogens is 375 g/mol. The second-order valence-electron chi connectivity index (χ2n) is 7.11. The minimum absolute atomic E-state index is 0.00774. The average Bonchev–Trinajstić information content (AvgIpc) is 3.19. The molecule has 0 spiro atoms. The van der Waals surface area contributed by atoms with Gasteiger partial charge < -0.3 is 9.80 Å². The average molecular weight is 403 g/mol. The SMILES string of the molecule is CCCCN(CC(=O)N1CCc2sccc2C1c1ccc(F)cc1)C(=O)CC. The van der Waals surface area contributed by atoms with Gasteiger partial charge in [0.15, 0.2) is 0 Å². The number of benzene rings is 1. The van der Waals surface area contributed by atoms with Gasteiger partial charge in [0.2, 0.25) is 11.8 Å². The minimum Gasteiger partial charge on any atom is -0.333 e. The monoisotopic (exact) mass is 402 g/mol. The summed E-state index contributed by atoms with van der Waals surface area (Å²) in [5.74, 6) is -0.334. The summed E-state index contributed by atoms with van der Waals surface area (Å²) in [4.78, 5) is 30.3. The Labute approximate surface area is 170 Å². The van der Waals surface area contributed by atoms with Crippen LogP contribution >= 0.6 is 11.3 Å². The summed E-state index contributed by atoms with van der Waals surface area (Å²) in [7, 11) is 0. The van der Waals surface area contributed by atoms with Gasteiger partial charge in [-0.15, -0.1) is 11.3 Å². The summed E-state index contributed by atoms with van der Waals surface area (Å²) in [6, 6.07) is 8.20. The molecule has 2 aromatic rings. The van der Waals surface area contributed by atoms with Crippen LogP contribution in [0.4, 0.5) is 4.39 Å². The molecule has 28 heavy (non-hydrogen) atoms. The second kappa shape index (κ2) is 9.32. The van der Waals surface area contributed by atoms with Gasteiger partial charge in [0.1, 0.15) is 5.82 Å². The lowest BCUT2D eigenvalue weighted by atomic mass is 9.93. The van der Waals surface area contributed by atoms with E-state index >= 15 is 0 Å². The van der Waals surface area contributed by atoms with Gasteiger partial charge >= 0.3 is 0 Å². The summed E-state index contributed by atoms with van der Waals surface area (Å²) in [6.07, 6.45) is 3.07. The molecule has 6 heteroatoms. The van der Waals surface area contributed by atoms with E-state index in [0.717, 1.165) is 30.4 Å². The molecule has 0 fully saturated rings. The van der Waals surface area contributed by atoms with Crippen molar-refractivity contribution in [3.8, 4) is 0 Å². The van der Waals surface area contributed by atoms with Crippen LogP contribution in [0.25, 0.3) is 0 Å². The van der Waals surface area contributed by atoms with E-state index < -0.39 is 0 Å². The summed E-state index contributed by atoms with van der Waals surface area (Å²) in [6.45, 7) is 5.21. The van der Waals surface area contributed by atoms with Crippen molar-refractivity contribution in [3.63, 3.8) is 0 Å². The lowest BCUT2D eigenvalue weighted by Crippen LogP contribution is -2.46. The van der Waals surface area contributed by atoms with E-state index in [2.05, 4.69) is 13.0 Å². The zero-order valence-corrected chi connectivity index (χ0v) is 17.3. The molecule has 150 valence electrons. The fourth-order valence-corrected chi connectivity index (χ4v) is 4.61. The van der Waals surface area contributed by atoms with E-state index in [1.54, 1.807) is 28.4 Å². The lowest BCUT2D eigenvalue weighted by molar-refractivity contribution is -0.141. The van der Waals surface area contributed by atoms with Crippen molar-refractivity contribution >= 4 is 23.2 Å². The van der Waals surface area contributed by atoms with Crippen LogP contribution in [0.15, 0.2) is 35.7 Å². The number of hydrogen-bond donors (Lipinski definition) is 0. The first-order chi connectivity index (χ1) is 13.5. The van der Waals surface area contributed by atoms with Crippen LogP contribution in [-0.4, -0.2) is 41.2 Å². The van der Waals surface area contributed by atoms with Crippen molar-refractivity contribution in [2.75, 3.05) is 19.6 Å². The smallest absolute Gasteiger partial charge is 0.242 e. The molecule has 0 saturated heterocycles. The summed E-state index contributed by atoms with van der Waals surface area (Å²) < 4.78 is 13.4. The van der Waals surface area contributed by atoms with E-state index in [0.29, 0.717) is 19.5 Å². The van der Waals surface area contributed by atoms with Crippen LogP contribution in [0.3, 0.4) is 0 Å². The molecule has 1 atom stereocenters. The fraction of sp³-hybridized carbons (Fsp3) is 0.455. The van der Waals surface area contributed by atoms with Crippen LogP contribution in [0.1, 0.15) is 55.2 Å². The van der Waals surface area contributed by atoms with Crippen LogP contribution < -0.4 is 0 Å². The number of unbranched alkanes of at least 4 members (excludes halogenated alkanes) is 1. The fourth-order valence-electron chi connectivity index (χ4n) is 3.71. The number of thiophene rings is 1. The molecule has 1 aromatic heterocycles. The van der Waals surface area contributed by atoms with Crippen molar-refractivity contribution in [1.29, 1.82) is 0 Å². The quantitative estimate of drug-likeness (QED) is 0.689. The van der Waals surface area contributed by atoms with Crippen LogP contribution in [-0.2, 0) is 16.0 Å². The van der Waals surface area contributed by atoms with E-state index in [1.165, 1.54) is 17.0 Å². The highest BCUT2D eigenvalue weighted by Crippen LogP contribution is 2.37. The van der Waals surface area contributed by atoms with E-state index in [-0.39, 0.29) is 30.2 Å². The Morgan fingerprint density at radius 1 is 1.21 bits per heavy atom. The number of carbonyl (C=O) groups is 2. The molecule has 4 nitrogen and oxygen atoms in total. The Morgan fingerprint density at radius 2 is 1.96 bits per heavy atom. The Morgan fingerprint density at radius 3 is 2.64 bits per heavy atom. The first-order valence-electron chi connectivity index (χ1n) is 9.94. The predicted octanol–water partition coefficient (Wildman–Crippen LogP) is 4.40. The molecule has 1 aromatic carbocycles. The van der Waals surface area contributed by atoms with Gasteiger partial charge in [0.25, 0.3) is 0 Å². The predicted molar refractivity (Wildman–Crippen MR) is 110 cm³/mol. The molecule has 1 aliphatic heterocycles. The number of rotatable bonds is 7. The van der Waals surface area contributed by atoms with Crippen LogP contribution in [0.2, 0.25) is 0 Å². The van der Waals surface area contributed by atoms with E-state index in [9.17, 15) is 14.0 Å². The van der Waals surface area contributed by atoms with Gasteiger partial charge in [0, 0.05) is 24.4 Å². The van der Waals surface area contributed by atoms with Gasteiger partial charge in [-0.3, -0.25) is 9.59 Å². The van der Waals surface area contributed by atoms with Gasteiger partial charge in [0.05, 0.1) is 12.6 Å². The number of amides is 2. The summed E-state index contributed by atoms with van der Waals surface area (Å²) in [5, 5.41) is 2.04. The molecule has 0 radical (unpaired) electrons. The highest BCUT2D eigenvalue weighted by molar-refractivity contribution is 7.10. The summed E-state index contributed by atoms with van der Waals surface area (Å²) >= 11 is 1.70. The molecule has 0 aliphatic carbocycles. The molecular formula is C22H27FN2O2S.